The first-order valence-corrected chi connectivity index (χ1v) is 7.72. The van der Waals surface area contributed by atoms with E-state index in [-0.39, 0.29) is 10.3 Å². The fraction of sp³-hybridized carbons (Fsp3) is 0.214. The zero-order valence-corrected chi connectivity index (χ0v) is 12.7. The van der Waals surface area contributed by atoms with Crippen molar-refractivity contribution >= 4 is 23.1 Å². The van der Waals surface area contributed by atoms with Crippen LogP contribution < -0.4 is 9.48 Å². The summed E-state index contributed by atoms with van der Waals surface area (Å²) in [6.45, 7) is 1.96. The highest BCUT2D eigenvalue weighted by molar-refractivity contribution is 7.99. The van der Waals surface area contributed by atoms with Crippen molar-refractivity contribution < 1.29 is 4.74 Å². The van der Waals surface area contributed by atoms with Crippen molar-refractivity contribution in [3.8, 4) is 22.4 Å². The molecule has 0 saturated heterocycles. The van der Waals surface area contributed by atoms with Gasteiger partial charge in [-0.1, -0.05) is 18.3 Å². The van der Waals surface area contributed by atoms with Gasteiger partial charge < -0.3 is 4.74 Å². The lowest BCUT2D eigenvalue weighted by atomic mass is 10.2. The summed E-state index contributed by atoms with van der Waals surface area (Å²) in [5.74, 6) is 1.51. The maximum Gasteiger partial charge on any atom is 0.254 e. The number of hydrogen-bond acceptors (Lipinski definition) is 6. The van der Waals surface area contributed by atoms with Crippen LogP contribution in [0.4, 0.5) is 0 Å². The summed E-state index contributed by atoms with van der Waals surface area (Å²) in [5, 5.41) is 10.2. The van der Waals surface area contributed by atoms with Crippen molar-refractivity contribution in [2.24, 2.45) is 0 Å². The van der Waals surface area contributed by atoms with Gasteiger partial charge in [-0.25, -0.2) is 4.98 Å². The summed E-state index contributed by atoms with van der Waals surface area (Å²) in [6.07, 6.45) is 0. The van der Waals surface area contributed by atoms with Crippen LogP contribution in [0.5, 0.6) is 5.75 Å². The Kier molecular flexibility index (Phi) is 4.77. The van der Waals surface area contributed by atoms with Crippen LogP contribution in [0.1, 0.15) is 12.5 Å². The second-order valence-electron chi connectivity index (χ2n) is 3.76. The van der Waals surface area contributed by atoms with Crippen LogP contribution in [0.15, 0.2) is 34.1 Å². The molecule has 0 aliphatic heterocycles. The average Bonchev–Trinajstić information content (AvgIpc) is 2.47. The normalized spacial score (nSPS) is 10.1. The van der Waals surface area contributed by atoms with E-state index in [9.17, 15) is 4.79 Å². The Labute approximate surface area is 125 Å². The molecule has 0 saturated carbocycles. The van der Waals surface area contributed by atoms with Gasteiger partial charge in [0, 0.05) is 5.56 Å². The Morgan fingerprint density at radius 1 is 1.40 bits per heavy atom. The van der Waals surface area contributed by atoms with Gasteiger partial charge in [-0.2, -0.15) is 5.26 Å². The number of thioether (sulfide) groups is 1. The van der Waals surface area contributed by atoms with Crippen molar-refractivity contribution in [3.63, 3.8) is 0 Å². The fourth-order valence-corrected chi connectivity index (χ4v) is 3.23. The number of nitrogens with zero attached hydrogens (tertiary/aromatic N) is 2. The van der Waals surface area contributed by atoms with E-state index in [1.165, 1.54) is 11.8 Å². The average molecular weight is 304 g/mol. The Hall–Kier alpha value is -1.84. The monoisotopic (exact) mass is 304 g/mol. The molecule has 1 aromatic heterocycles. The standard InChI is InChI=1S/C14H12N2O2S2/c1-3-19-13-11(8-15)14(17)20-12(16-13)9-4-6-10(18-2)7-5-9/h4-7H,3H2,1-2H3. The number of nitriles is 1. The molecule has 0 aliphatic rings. The molecule has 1 heterocycles. The van der Waals surface area contributed by atoms with Crippen molar-refractivity contribution in [1.29, 1.82) is 5.26 Å². The molecule has 1 aromatic carbocycles. The highest BCUT2D eigenvalue weighted by Crippen LogP contribution is 2.26. The van der Waals surface area contributed by atoms with E-state index in [1.807, 2.05) is 37.3 Å². The van der Waals surface area contributed by atoms with Crippen LogP contribution in [-0.4, -0.2) is 17.8 Å². The molecule has 102 valence electrons. The van der Waals surface area contributed by atoms with Crippen molar-refractivity contribution in [2.75, 3.05) is 12.9 Å². The van der Waals surface area contributed by atoms with Gasteiger partial charge in [0.25, 0.3) is 4.74 Å². The van der Waals surface area contributed by atoms with Crippen LogP contribution in [0, 0.1) is 11.3 Å². The molecule has 0 aliphatic carbocycles. The highest BCUT2D eigenvalue weighted by Gasteiger charge is 2.13. The molecule has 0 fully saturated rings. The second kappa shape index (κ2) is 6.55. The van der Waals surface area contributed by atoms with Crippen LogP contribution in [0.25, 0.3) is 10.6 Å². The lowest BCUT2D eigenvalue weighted by Gasteiger charge is -2.05. The summed E-state index contributed by atoms with van der Waals surface area (Å²) in [7, 11) is 1.60. The van der Waals surface area contributed by atoms with Crippen LogP contribution in [0.3, 0.4) is 0 Å². The second-order valence-corrected chi connectivity index (χ2v) is 5.97. The van der Waals surface area contributed by atoms with Crippen molar-refractivity contribution in [3.05, 3.63) is 39.4 Å². The molecule has 0 bridgehead atoms. The molecule has 20 heavy (non-hydrogen) atoms. The Morgan fingerprint density at radius 2 is 2.10 bits per heavy atom. The zero-order valence-electron chi connectivity index (χ0n) is 11.0. The number of benzene rings is 1. The minimum Gasteiger partial charge on any atom is -0.497 e. The largest absolute Gasteiger partial charge is 0.497 e. The van der Waals surface area contributed by atoms with E-state index < -0.39 is 0 Å². The van der Waals surface area contributed by atoms with Gasteiger partial charge in [0.15, 0.2) is 0 Å². The Morgan fingerprint density at radius 3 is 2.65 bits per heavy atom. The molecule has 2 aromatic rings. The summed E-state index contributed by atoms with van der Waals surface area (Å²) in [5.41, 5.74) is 0.981. The molecule has 2 rings (SSSR count). The number of methoxy groups -OCH3 is 1. The topological polar surface area (TPSA) is 63.0 Å². The lowest BCUT2D eigenvalue weighted by molar-refractivity contribution is 0.415. The predicted octanol–water partition coefficient (Wildman–Crippen LogP) is 3.16. The molecule has 0 N–H and O–H groups in total. The van der Waals surface area contributed by atoms with E-state index >= 15 is 0 Å². The highest BCUT2D eigenvalue weighted by atomic mass is 32.2. The maximum absolute atomic E-state index is 12.0. The van der Waals surface area contributed by atoms with E-state index in [0.717, 1.165) is 28.4 Å². The third-order valence-electron chi connectivity index (χ3n) is 2.54. The van der Waals surface area contributed by atoms with Gasteiger partial charge >= 0.3 is 0 Å². The van der Waals surface area contributed by atoms with Gasteiger partial charge in [-0.05, 0) is 30.0 Å². The van der Waals surface area contributed by atoms with Crippen molar-refractivity contribution in [1.82, 2.24) is 4.98 Å². The first kappa shape index (κ1) is 14.6. The molecular formula is C14H12N2O2S2. The molecule has 0 unspecified atom stereocenters. The lowest BCUT2D eigenvalue weighted by Crippen LogP contribution is -2.05. The summed E-state index contributed by atoms with van der Waals surface area (Å²) in [6, 6.07) is 9.28. The van der Waals surface area contributed by atoms with E-state index in [2.05, 4.69) is 4.98 Å². The van der Waals surface area contributed by atoms with Gasteiger partial charge in [0.05, 0.1) is 7.11 Å². The van der Waals surface area contributed by atoms with Gasteiger partial charge in [0.1, 0.15) is 27.4 Å². The number of rotatable bonds is 4. The molecule has 6 heteroatoms. The van der Waals surface area contributed by atoms with Crippen LogP contribution in [0.2, 0.25) is 0 Å². The summed E-state index contributed by atoms with van der Waals surface area (Å²) >= 11 is 2.40. The van der Waals surface area contributed by atoms with Crippen LogP contribution >= 0.6 is 23.1 Å². The Balaban J connectivity index is 2.51. The summed E-state index contributed by atoms with van der Waals surface area (Å²) < 4.78 is 4.86. The molecule has 0 radical (unpaired) electrons. The van der Waals surface area contributed by atoms with E-state index in [4.69, 9.17) is 10.00 Å². The smallest absolute Gasteiger partial charge is 0.254 e. The Bertz CT molecular complexity index is 703. The minimum atomic E-state index is -0.246. The molecule has 0 spiro atoms. The molecule has 4 nitrogen and oxygen atoms in total. The first-order chi connectivity index (χ1) is 9.69. The van der Waals surface area contributed by atoms with E-state index in [0.29, 0.717) is 10.0 Å². The van der Waals surface area contributed by atoms with Crippen molar-refractivity contribution in [2.45, 2.75) is 11.9 Å². The van der Waals surface area contributed by atoms with Gasteiger partial charge in [0.2, 0.25) is 0 Å². The third kappa shape index (κ3) is 3.00. The minimum absolute atomic E-state index is 0.138. The third-order valence-corrected chi connectivity index (χ3v) is 4.31. The summed E-state index contributed by atoms with van der Waals surface area (Å²) in [4.78, 5) is 16.4. The maximum atomic E-state index is 12.0. The first-order valence-electron chi connectivity index (χ1n) is 5.92. The SMILES string of the molecule is CCSc1nc(-c2ccc(OC)cc2)sc(=O)c1C#N. The zero-order chi connectivity index (χ0) is 14.5. The molecular weight excluding hydrogens is 292 g/mol. The molecule has 0 atom stereocenters. The number of aromatic nitrogens is 1. The van der Waals surface area contributed by atoms with Gasteiger partial charge in [-0.15, -0.1) is 11.8 Å². The molecule has 0 amide bonds. The number of hydrogen-bond donors (Lipinski definition) is 0. The predicted molar refractivity (Wildman–Crippen MR) is 81.5 cm³/mol. The fourth-order valence-electron chi connectivity index (χ4n) is 1.59. The van der Waals surface area contributed by atoms with Gasteiger partial charge in [-0.3, -0.25) is 4.79 Å². The quantitative estimate of drug-likeness (QED) is 0.812. The number of ether oxygens (including phenoxy) is 1. The van der Waals surface area contributed by atoms with Crippen LogP contribution in [-0.2, 0) is 0 Å². The van der Waals surface area contributed by atoms with E-state index in [1.54, 1.807) is 7.11 Å².